The van der Waals surface area contributed by atoms with E-state index < -0.39 is 22.0 Å². The largest absolute Gasteiger partial charge is 0.480 e. The molecule has 1 rings (SSSR count). The first-order chi connectivity index (χ1) is 8.17. The fourth-order valence-electron chi connectivity index (χ4n) is 1.24. The highest BCUT2D eigenvalue weighted by molar-refractivity contribution is 7.89. The van der Waals surface area contributed by atoms with E-state index in [9.17, 15) is 13.2 Å². The molecular weight excluding hydrogens is 258 g/mol. The lowest BCUT2D eigenvalue weighted by Gasteiger charge is -2.19. The molecule has 7 nitrogen and oxygen atoms in total. The van der Waals surface area contributed by atoms with Gasteiger partial charge in [-0.15, -0.1) is 0 Å². The zero-order chi connectivity index (χ0) is 14.1. The molecule has 1 aromatic heterocycles. The number of carbonyl (C=O) groups is 1. The number of carboxylic acid groups (broad SMARTS) is 1. The molecule has 0 aliphatic carbocycles. The quantitative estimate of drug-likeness (QED) is 0.847. The van der Waals surface area contributed by atoms with E-state index in [1.807, 2.05) is 13.8 Å². The van der Waals surface area contributed by atoms with Crippen molar-refractivity contribution in [2.75, 3.05) is 7.05 Å². The van der Waals surface area contributed by atoms with Crippen LogP contribution < -0.4 is 0 Å². The number of sulfonamides is 1. The molecule has 0 spiro atoms. The number of likely N-dealkylation sites (N-methyl/N-ethyl adjacent to an activating group) is 1. The Labute approximate surface area is 106 Å². The van der Waals surface area contributed by atoms with Crippen molar-refractivity contribution in [1.82, 2.24) is 13.9 Å². The summed E-state index contributed by atoms with van der Waals surface area (Å²) < 4.78 is 26.6. The highest BCUT2D eigenvalue weighted by Gasteiger charge is 2.31. The maximum absolute atomic E-state index is 12.1. The predicted molar refractivity (Wildman–Crippen MR) is 64.7 cm³/mol. The maximum Gasteiger partial charge on any atom is 0.321 e. The van der Waals surface area contributed by atoms with Crippen molar-refractivity contribution in [3.8, 4) is 0 Å². The normalized spacial score (nSPS) is 14.1. The fourth-order valence-corrected chi connectivity index (χ4v) is 2.48. The average Bonchev–Trinajstić information content (AvgIpc) is 2.76. The summed E-state index contributed by atoms with van der Waals surface area (Å²) in [5.74, 6) is -1.20. The molecule has 0 saturated carbocycles. The molecule has 1 aromatic rings. The number of hydrogen-bond acceptors (Lipinski definition) is 4. The van der Waals surface area contributed by atoms with Gasteiger partial charge in [0.25, 0.3) is 10.0 Å². The molecule has 18 heavy (non-hydrogen) atoms. The first-order valence-corrected chi connectivity index (χ1v) is 6.86. The van der Waals surface area contributed by atoms with Crippen LogP contribution in [0.25, 0.3) is 0 Å². The van der Waals surface area contributed by atoms with Gasteiger partial charge in [0, 0.05) is 19.3 Å². The van der Waals surface area contributed by atoms with E-state index in [1.165, 1.54) is 26.5 Å². The Hall–Kier alpha value is -1.41. The maximum atomic E-state index is 12.1. The molecule has 0 radical (unpaired) electrons. The van der Waals surface area contributed by atoms with E-state index >= 15 is 0 Å². The predicted octanol–water partition coefficient (Wildman–Crippen LogP) is 0.558. The van der Waals surface area contributed by atoms with Gasteiger partial charge in [-0.3, -0.25) is 4.79 Å². The molecule has 0 fully saturated rings. The third-order valence-corrected chi connectivity index (χ3v) is 4.53. The second kappa shape index (κ2) is 5.07. The molecule has 0 aliphatic rings. The molecule has 102 valence electrons. The van der Waals surface area contributed by atoms with Gasteiger partial charge in [0.15, 0.2) is 5.03 Å². The number of aromatic nitrogens is 2. The Morgan fingerprint density at radius 1 is 1.44 bits per heavy atom. The molecule has 0 saturated heterocycles. The Balaban J connectivity index is 3.09. The molecule has 1 N–H and O–H groups in total. The summed E-state index contributed by atoms with van der Waals surface area (Å²) in [6, 6.07) is -1.05. The van der Waals surface area contributed by atoms with Crippen molar-refractivity contribution in [2.24, 2.45) is 0 Å². The van der Waals surface area contributed by atoms with Crippen molar-refractivity contribution in [1.29, 1.82) is 0 Å². The van der Waals surface area contributed by atoms with E-state index in [4.69, 9.17) is 5.11 Å². The molecule has 0 amide bonds. The van der Waals surface area contributed by atoms with E-state index in [1.54, 1.807) is 4.57 Å². The van der Waals surface area contributed by atoms with Crippen molar-refractivity contribution in [3.63, 3.8) is 0 Å². The lowest BCUT2D eigenvalue weighted by molar-refractivity contribution is -0.140. The standard InChI is InChI=1S/C10H17N3O4S/c1-7(2)13-5-9(11-6-13)18(16,17)12(4)8(3)10(14)15/h5-8H,1-4H3,(H,14,15). The van der Waals surface area contributed by atoms with Gasteiger partial charge in [0.05, 0.1) is 6.33 Å². The van der Waals surface area contributed by atoms with Crippen LogP contribution in [0.1, 0.15) is 26.8 Å². The summed E-state index contributed by atoms with van der Waals surface area (Å²) in [5, 5.41) is 8.68. The second-order valence-corrected chi connectivity index (χ2v) is 6.23. The topological polar surface area (TPSA) is 92.5 Å². The molecule has 0 aliphatic heterocycles. The molecule has 1 heterocycles. The summed E-state index contributed by atoms with van der Waals surface area (Å²) >= 11 is 0. The zero-order valence-electron chi connectivity index (χ0n) is 10.7. The summed E-state index contributed by atoms with van der Waals surface area (Å²) in [5.41, 5.74) is 0. The smallest absolute Gasteiger partial charge is 0.321 e. The lowest BCUT2D eigenvalue weighted by atomic mass is 10.4. The van der Waals surface area contributed by atoms with Crippen LogP contribution in [-0.4, -0.2) is 46.4 Å². The summed E-state index contributed by atoms with van der Waals surface area (Å²) in [4.78, 5) is 14.6. The van der Waals surface area contributed by atoms with Gasteiger partial charge in [0.2, 0.25) is 0 Å². The zero-order valence-corrected chi connectivity index (χ0v) is 11.5. The minimum absolute atomic E-state index is 0.0867. The van der Waals surface area contributed by atoms with Crippen LogP contribution in [0.4, 0.5) is 0 Å². The first-order valence-electron chi connectivity index (χ1n) is 5.42. The van der Waals surface area contributed by atoms with Gasteiger partial charge < -0.3 is 9.67 Å². The highest BCUT2D eigenvalue weighted by atomic mass is 32.2. The minimum atomic E-state index is -3.88. The first kappa shape index (κ1) is 14.7. The minimum Gasteiger partial charge on any atom is -0.480 e. The van der Waals surface area contributed by atoms with Crippen LogP contribution in [0.3, 0.4) is 0 Å². The van der Waals surface area contributed by atoms with Gasteiger partial charge in [-0.05, 0) is 20.8 Å². The van der Waals surface area contributed by atoms with Crippen molar-refractivity contribution in [2.45, 2.75) is 37.9 Å². The fraction of sp³-hybridized carbons (Fsp3) is 0.600. The lowest BCUT2D eigenvalue weighted by Crippen LogP contribution is -2.40. The number of hydrogen-bond donors (Lipinski definition) is 1. The third kappa shape index (κ3) is 2.70. The van der Waals surface area contributed by atoms with Gasteiger partial charge in [0.1, 0.15) is 6.04 Å². The monoisotopic (exact) mass is 275 g/mol. The van der Waals surface area contributed by atoms with Crippen LogP contribution in [0.2, 0.25) is 0 Å². The van der Waals surface area contributed by atoms with Crippen molar-refractivity contribution < 1.29 is 18.3 Å². The van der Waals surface area contributed by atoms with Crippen LogP contribution in [-0.2, 0) is 14.8 Å². The van der Waals surface area contributed by atoms with E-state index in [-0.39, 0.29) is 11.1 Å². The van der Waals surface area contributed by atoms with Crippen LogP contribution in [0.5, 0.6) is 0 Å². The van der Waals surface area contributed by atoms with Crippen LogP contribution >= 0.6 is 0 Å². The summed E-state index contributed by atoms with van der Waals surface area (Å²) in [7, 11) is -2.65. The van der Waals surface area contributed by atoms with Gasteiger partial charge >= 0.3 is 5.97 Å². The number of rotatable bonds is 5. The third-order valence-electron chi connectivity index (χ3n) is 2.72. The number of imidazole rings is 1. The van der Waals surface area contributed by atoms with Crippen LogP contribution in [0, 0.1) is 0 Å². The van der Waals surface area contributed by atoms with Gasteiger partial charge in [-0.25, -0.2) is 13.4 Å². The molecule has 1 atom stereocenters. The van der Waals surface area contributed by atoms with Crippen molar-refractivity contribution in [3.05, 3.63) is 12.5 Å². The Morgan fingerprint density at radius 2 is 2.00 bits per heavy atom. The number of nitrogens with zero attached hydrogens (tertiary/aromatic N) is 3. The van der Waals surface area contributed by atoms with E-state index in [2.05, 4.69) is 4.98 Å². The summed E-state index contributed by atoms with van der Waals surface area (Å²) in [6.45, 7) is 5.09. The molecular formula is C10H17N3O4S. The molecule has 8 heteroatoms. The highest BCUT2D eigenvalue weighted by Crippen LogP contribution is 2.16. The Morgan fingerprint density at radius 3 is 2.39 bits per heavy atom. The molecule has 1 unspecified atom stereocenters. The Bertz CT molecular complexity index is 535. The number of aliphatic carboxylic acids is 1. The second-order valence-electron chi connectivity index (χ2n) is 4.29. The van der Waals surface area contributed by atoms with Gasteiger partial charge in [-0.2, -0.15) is 4.31 Å². The van der Waals surface area contributed by atoms with Gasteiger partial charge in [-0.1, -0.05) is 0 Å². The number of carboxylic acids is 1. The Kier molecular flexibility index (Phi) is 4.12. The SMILES string of the molecule is CC(C(=O)O)N(C)S(=O)(=O)c1cn(C(C)C)cn1. The summed E-state index contributed by atoms with van der Waals surface area (Å²) in [6.07, 6.45) is 2.81. The van der Waals surface area contributed by atoms with Crippen molar-refractivity contribution >= 4 is 16.0 Å². The van der Waals surface area contributed by atoms with Crippen LogP contribution in [0.15, 0.2) is 17.6 Å². The average molecular weight is 275 g/mol. The van der Waals surface area contributed by atoms with E-state index in [0.29, 0.717) is 0 Å². The molecule has 0 aromatic carbocycles. The van der Waals surface area contributed by atoms with E-state index in [0.717, 1.165) is 4.31 Å². The molecule has 0 bridgehead atoms.